The standard InChI is InChI=1S/C13H22N4S/c1-2-8-15-13(14)16-9-7-12-17-10-5-3-4-6-11(10)18-12/h2-9H2,1H3,(H3,14,15,16). The van der Waals surface area contributed by atoms with Crippen LogP contribution in [-0.4, -0.2) is 24.0 Å². The van der Waals surface area contributed by atoms with Gasteiger partial charge in [0.2, 0.25) is 0 Å². The van der Waals surface area contributed by atoms with Gasteiger partial charge in [-0.25, -0.2) is 4.98 Å². The first-order chi connectivity index (χ1) is 8.79. The molecule has 0 aliphatic heterocycles. The van der Waals surface area contributed by atoms with Crippen molar-refractivity contribution in [1.82, 2.24) is 10.3 Å². The zero-order valence-corrected chi connectivity index (χ0v) is 11.9. The van der Waals surface area contributed by atoms with Gasteiger partial charge in [-0.3, -0.25) is 4.99 Å². The lowest BCUT2D eigenvalue weighted by Crippen LogP contribution is -2.33. The maximum atomic E-state index is 5.74. The topological polar surface area (TPSA) is 63.3 Å². The van der Waals surface area contributed by atoms with Crippen molar-refractivity contribution in [2.75, 3.05) is 13.1 Å². The molecule has 1 aromatic rings. The van der Waals surface area contributed by atoms with Gasteiger partial charge in [0.1, 0.15) is 0 Å². The Morgan fingerprint density at radius 1 is 1.44 bits per heavy atom. The number of aliphatic imine (C=N–C) groups is 1. The van der Waals surface area contributed by atoms with E-state index in [4.69, 9.17) is 10.7 Å². The van der Waals surface area contributed by atoms with Crippen LogP contribution in [0.15, 0.2) is 4.99 Å². The molecule has 1 heterocycles. The van der Waals surface area contributed by atoms with Gasteiger partial charge >= 0.3 is 0 Å². The van der Waals surface area contributed by atoms with Crippen molar-refractivity contribution >= 4 is 17.3 Å². The molecule has 18 heavy (non-hydrogen) atoms. The van der Waals surface area contributed by atoms with Gasteiger partial charge in [-0.2, -0.15) is 0 Å². The van der Waals surface area contributed by atoms with Gasteiger partial charge in [-0.1, -0.05) is 6.92 Å². The van der Waals surface area contributed by atoms with Crippen LogP contribution in [0.2, 0.25) is 0 Å². The molecule has 0 fully saturated rings. The van der Waals surface area contributed by atoms with Crippen molar-refractivity contribution in [3.63, 3.8) is 0 Å². The van der Waals surface area contributed by atoms with Crippen molar-refractivity contribution < 1.29 is 0 Å². The number of fused-ring (bicyclic) bond motifs is 1. The molecule has 100 valence electrons. The Balaban J connectivity index is 1.78. The first kappa shape index (κ1) is 13.3. The fourth-order valence-electron chi connectivity index (χ4n) is 2.10. The van der Waals surface area contributed by atoms with Gasteiger partial charge < -0.3 is 11.1 Å². The molecule has 0 saturated carbocycles. The van der Waals surface area contributed by atoms with E-state index in [1.807, 2.05) is 11.3 Å². The van der Waals surface area contributed by atoms with Crippen LogP contribution < -0.4 is 11.1 Å². The van der Waals surface area contributed by atoms with Crippen LogP contribution in [-0.2, 0) is 19.3 Å². The Bertz CT molecular complexity index is 388. The number of rotatable bonds is 5. The third-order valence-electron chi connectivity index (χ3n) is 3.04. The summed E-state index contributed by atoms with van der Waals surface area (Å²) in [6.07, 6.45) is 6.98. The number of aryl methyl sites for hydroxylation is 2. The average molecular weight is 266 g/mol. The number of thiazole rings is 1. The van der Waals surface area contributed by atoms with E-state index >= 15 is 0 Å². The SMILES string of the molecule is CCCN=C(N)NCCc1nc2c(s1)CCCC2. The molecular weight excluding hydrogens is 244 g/mol. The van der Waals surface area contributed by atoms with Crippen LogP contribution in [0.5, 0.6) is 0 Å². The second-order valence-electron chi connectivity index (χ2n) is 4.63. The van der Waals surface area contributed by atoms with E-state index in [9.17, 15) is 0 Å². The van der Waals surface area contributed by atoms with E-state index in [0.717, 1.165) is 25.9 Å². The second-order valence-corrected chi connectivity index (χ2v) is 5.80. The Labute approximate surface area is 113 Å². The molecule has 4 nitrogen and oxygen atoms in total. The van der Waals surface area contributed by atoms with E-state index < -0.39 is 0 Å². The quantitative estimate of drug-likeness (QED) is 0.632. The smallest absolute Gasteiger partial charge is 0.188 e. The molecule has 3 N–H and O–H groups in total. The number of nitrogens with zero attached hydrogens (tertiary/aromatic N) is 2. The number of hydrogen-bond donors (Lipinski definition) is 2. The minimum absolute atomic E-state index is 0.554. The molecule has 0 spiro atoms. The van der Waals surface area contributed by atoms with Gasteiger partial charge in [-0.15, -0.1) is 11.3 Å². The lowest BCUT2D eigenvalue weighted by atomic mass is 10.0. The number of guanidine groups is 1. The van der Waals surface area contributed by atoms with Crippen molar-refractivity contribution in [3.8, 4) is 0 Å². The van der Waals surface area contributed by atoms with E-state index in [-0.39, 0.29) is 0 Å². The lowest BCUT2D eigenvalue weighted by molar-refractivity contribution is 0.680. The lowest BCUT2D eigenvalue weighted by Gasteiger charge is -2.06. The summed E-state index contributed by atoms with van der Waals surface area (Å²) in [6.45, 7) is 3.71. The van der Waals surface area contributed by atoms with Gasteiger partial charge in [0.15, 0.2) is 5.96 Å². The van der Waals surface area contributed by atoms with Crippen LogP contribution in [0, 0.1) is 0 Å². The van der Waals surface area contributed by atoms with E-state index in [0.29, 0.717) is 5.96 Å². The number of nitrogens with two attached hydrogens (primary N) is 1. The van der Waals surface area contributed by atoms with Gasteiger partial charge in [0.05, 0.1) is 10.7 Å². The molecule has 0 amide bonds. The maximum Gasteiger partial charge on any atom is 0.188 e. The summed E-state index contributed by atoms with van der Waals surface area (Å²) in [6, 6.07) is 0. The van der Waals surface area contributed by atoms with Crippen molar-refractivity contribution in [2.45, 2.75) is 45.4 Å². The summed E-state index contributed by atoms with van der Waals surface area (Å²) < 4.78 is 0. The molecule has 1 aliphatic carbocycles. The highest BCUT2D eigenvalue weighted by molar-refractivity contribution is 7.11. The highest BCUT2D eigenvalue weighted by Crippen LogP contribution is 2.26. The predicted octanol–water partition coefficient (Wildman–Crippen LogP) is 1.88. The molecule has 1 aromatic heterocycles. The van der Waals surface area contributed by atoms with Crippen LogP contribution in [0.4, 0.5) is 0 Å². The van der Waals surface area contributed by atoms with E-state index in [1.54, 1.807) is 0 Å². The minimum atomic E-state index is 0.554. The molecule has 1 aliphatic rings. The normalized spacial score (nSPS) is 15.5. The summed E-state index contributed by atoms with van der Waals surface area (Å²) >= 11 is 1.87. The Morgan fingerprint density at radius 2 is 2.28 bits per heavy atom. The number of aromatic nitrogens is 1. The molecule has 0 saturated heterocycles. The van der Waals surface area contributed by atoms with Gasteiger partial charge in [0.25, 0.3) is 0 Å². The third-order valence-corrected chi connectivity index (χ3v) is 4.26. The summed E-state index contributed by atoms with van der Waals surface area (Å²) in [4.78, 5) is 10.4. The molecular formula is C13H22N4S. The van der Waals surface area contributed by atoms with Crippen LogP contribution in [0.3, 0.4) is 0 Å². The average Bonchev–Trinajstić information content (AvgIpc) is 2.79. The molecule has 0 unspecified atom stereocenters. The van der Waals surface area contributed by atoms with E-state index in [1.165, 1.54) is 41.3 Å². The maximum absolute atomic E-state index is 5.74. The Morgan fingerprint density at radius 3 is 3.06 bits per heavy atom. The molecule has 2 rings (SSSR count). The molecule has 0 radical (unpaired) electrons. The number of nitrogens with one attached hydrogen (secondary N) is 1. The molecule has 0 atom stereocenters. The zero-order chi connectivity index (χ0) is 12.8. The monoisotopic (exact) mass is 266 g/mol. The fourth-order valence-corrected chi connectivity index (χ4v) is 3.25. The zero-order valence-electron chi connectivity index (χ0n) is 11.0. The fraction of sp³-hybridized carbons (Fsp3) is 0.692. The van der Waals surface area contributed by atoms with Gasteiger partial charge in [-0.05, 0) is 32.1 Å². The summed E-state index contributed by atoms with van der Waals surface area (Å²) in [5, 5.41) is 4.37. The van der Waals surface area contributed by atoms with E-state index in [2.05, 4.69) is 17.2 Å². The van der Waals surface area contributed by atoms with Crippen LogP contribution in [0.25, 0.3) is 0 Å². The van der Waals surface area contributed by atoms with Crippen molar-refractivity contribution in [3.05, 3.63) is 15.6 Å². The first-order valence-corrected chi connectivity index (χ1v) is 7.62. The highest BCUT2D eigenvalue weighted by Gasteiger charge is 2.14. The highest BCUT2D eigenvalue weighted by atomic mass is 32.1. The molecule has 5 heteroatoms. The Kier molecular flexibility index (Phi) is 4.99. The summed E-state index contributed by atoms with van der Waals surface area (Å²) in [5.41, 5.74) is 7.08. The van der Waals surface area contributed by atoms with Crippen molar-refractivity contribution in [2.24, 2.45) is 10.7 Å². The van der Waals surface area contributed by atoms with Crippen LogP contribution >= 0.6 is 11.3 Å². The first-order valence-electron chi connectivity index (χ1n) is 6.81. The van der Waals surface area contributed by atoms with Gasteiger partial charge in [0, 0.05) is 24.4 Å². The second kappa shape index (κ2) is 6.73. The van der Waals surface area contributed by atoms with Crippen molar-refractivity contribution in [1.29, 1.82) is 0 Å². The summed E-state index contributed by atoms with van der Waals surface area (Å²) in [7, 11) is 0. The largest absolute Gasteiger partial charge is 0.370 e. The minimum Gasteiger partial charge on any atom is -0.370 e. The summed E-state index contributed by atoms with van der Waals surface area (Å²) in [5.74, 6) is 0.554. The van der Waals surface area contributed by atoms with Crippen LogP contribution in [0.1, 0.15) is 41.8 Å². The number of hydrogen-bond acceptors (Lipinski definition) is 3. The Hall–Kier alpha value is -1.10. The molecule has 0 bridgehead atoms. The third kappa shape index (κ3) is 3.70. The molecule has 0 aromatic carbocycles. The predicted molar refractivity (Wildman–Crippen MR) is 77.2 cm³/mol.